The van der Waals surface area contributed by atoms with Gasteiger partial charge < -0.3 is 14.8 Å². The topological polar surface area (TPSA) is 106 Å². The Bertz CT molecular complexity index is 1280. The third kappa shape index (κ3) is 6.60. The lowest BCUT2D eigenvalue weighted by Crippen LogP contribution is -2.42. The van der Waals surface area contributed by atoms with Crippen LogP contribution < -0.4 is 10.1 Å². The molecule has 2 N–H and O–H groups in total. The first kappa shape index (κ1) is 27.4. The Hall–Kier alpha value is -3.67. The maximum atomic E-state index is 14.3. The zero-order valence-corrected chi connectivity index (χ0v) is 20.6. The number of alkyl halides is 3. The largest absolute Gasteiger partial charge is 0.491 e. The molecule has 4 rings (SSSR count). The molecular formula is C25H23ClF4N4O4. The molecule has 0 saturated heterocycles. The smallest absolute Gasteiger partial charge is 0.487 e. The summed E-state index contributed by atoms with van der Waals surface area (Å²) in [5.74, 6) is -3.50. The molecule has 202 valence electrons. The molecule has 13 heteroatoms. The van der Waals surface area contributed by atoms with Crippen LogP contribution in [0.1, 0.15) is 37.8 Å². The second kappa shape index (κ2) is 11.4. The fourth-order valence-corrected chi connectivity index (χ4v) is 4.51. The maximum absolute atomic E-state index is 14.3. The van der Waals surface area contributed by atoms with Crippen LogP contribution in [0.15, 0.2) is 48.7 Å². The van der Waals surface area contributed by atoms with Gasteiger partial charge in [0.1, 0.15) is 11.6 Å². The summed E-state index contributed by atoms with van der Waals surface area (Å²) in [6.45, 7) is 0. The van der Waals surface area contributed by atoms with E-state index < -0.39 is 35.5 Å². The van der Waals surface area contributed by atoms with Gasteiger partial charge in [0, 0.05) is 11.8 Å². The summed E-state index contributed by atoms with van der Waals surface area (Å²) in [6.07, 6.45) is -3.39. The molecule has 38 heavy (non-hydrogen) atoms. The summed E-state index contributed by atoms with van der Waals surface area (Å²) in [6, 6.07) is 11.2. The van der Waals surface area contributed by atoms with Crippen molar-refractivity contribution in [3.05, 3.63) is 65.2 Å². The summed E-state index contributed by atoms with van der Waals surface area (Å²) in [5.41, 5.74) is -0.814. The van der Waals surface area contributed by atoms with Crippen LogP contribution in [0.3, 0.4) is 0 Å². The fraction of sp³-hybridized carbons (Fsp3) is 0.360. The number of benzene rings is 1. The minimum Gasteiger partial charge on any atom is -0.487 e. The quantitative estimate of drug-likeness (QED) is 0.202. The van der Waals surface area contributed by atoms with Crippen molar-refractivity contribution in [1.29, 1.82) is 0 Å². The number of aryl methyl sites for hydroxylation is 1. The molecule has 1 aliphatic carbocycles. The number of aromatic nitrogens is 3. The van der Waals surface area contributed by atoms with Gasteiger partial charge in [0.05, 0.1) is 22.7 Å². The lowest BCUT2D eigenvalue weighted by Gasteiger charge is -2.38. The number of carbonyl (C=O) groups is 2. The standard InChI is InChI=1S/C25H23ClF4N4O4/c26-17-4-2-5-18(21(17)27)37-16-8-12-24(13-9-16,22(35)38-23(36)25(28,29)30)11-7-15-3-1-6-19(32-15)33-20-10-14-31-34-20/h1-6,10,14,16H,7-9,11-13H2,(H2,31,32,33,34). The van der Waals surface area contributed by atoms with E-state index in [1.54, 1.807) is 30.5 Å². The molecule has 1 saturated carbocycles. The van der Waals surface area contributed by atoms with Crippen molar-refractivity contribution in [2.45, 2.75) is 50.8 Å². The molecule has 0 bridgehead atoms. The SMILES string of the molecule is O=C(OC(=O)C1(CCc2cccc(Nc3ccn[nH]3)n2)CCC(Oc2cccc(Cl)c2F)CC1)C(F)(F)F. The van der Waals surface area contributed by atoms with Gasteiger partial charge in [0.25, 0.3) is 0 Å². The summed E-state index contributed by atoms with van der Waals surface area (Å²) in [7, 11) is 0. The minimum absolute atomic E-state index is 0.0596. The molecule has 0 aliphatic heterocycles. The Kier molecular flexibility index (Phi) is 8.20. The molecule has 0 radical (unpaired) electrons. The average molecular weight is 555 g/mol. The van der Waals surface area contributed by atoms with E-state index in [9.17, 15) is 27.2 Å². The van der Waals surface area contributed by atoms with Crippen LogP contribution in [0.5, 0.6) is 5.75 Å². The lowest BCUT2D eigenvalue weighted by atomic mass is 9.70. The number of hydrogen-bond donors (Lipinski definition) is 2. The number of halogens is 5. The van der Waals surface area contributed by atoms with Gasteiger partial charge in [0.2, 0.25) is 0 Å². The first-order chi connectivity index (χ1) is 18.1. The van der Waals surface area contributed by atoms with Gasteiger partial charge in [-0.3, -0.25) is 9.89 Å². The molecule has 1 aromatic carbocycles. The van der Waals surface area contributed by atoms with Crippen LogP contribution in [-0.4, -0.2) is 39.4 Å². The number of H-pyrrole nitrogens is 1. The van der Waals surface area contributed by atoms with Crippen LogP contribution in [0.2, 0.25) is 5.02 Å². The molecule has 8 nitrogen and oxygen atoms in total. The number of rotatable bonds is 8. The number of nitrogens with one attached hydrogen (secondary N) is 2. The highest BCUT2D eigenvalue weighted by Crippen LogP contribution is 2.43. The summed E-state index contributed by atoms with van der Waals surface area (Å²) < 4.78 is 62.7. The summed E-state index contributed by atoms with van der Waals surface area (Å²) in [4.78, 5) is 28.8. The van der Waals surface area contributed by atoms with Gasteiger partial charge in [-0.15, -0.1) is 0 Å². The van der Waals surface area contributed by atoms with Crippen molar-refractivity contribution >= 4 is 35.2 Å². The van der Waals surface area contributed by atoms with Gasteiger partial charge in [-0.1, -0.05) is 23.7 Å². The zero-order chi connectivity index (χ0) is 27.3. The van der Waals surface area contributed by atoms with Crippen molar-refractivity contribution in [2.24, 2.45) is 5.41 Å². The molecule has 1 aliphatic rings. The van der Waals surface area contributed by atoms with E-state index >= 15 is 0 Å². The van der Waals surface area contributed by atoms with Crippen molar-refractivity contribution < 1.29 is 36.6 Å². The van der Waals surface area contributed by atoms with Crippen molar-refractivity contribution in [3.63, 3.8) is 0 Å². The van der Waals surface area contributed by atoms with E-state index in [0.29, 0.717) is 17.3 Å². The van der Waals surface area contributed by atoms with Crippen LogP contribution in [0, 0.1) is 11.2 Å². The van der Waals surface area contributed by atoms with E-state index in [0.717, 1.165) is 0 Å². The Labute approximate surface area is 219 Å². The average Bonchev–Trinajstić information content (AvgIpc) is 3.39. The monoisotopic (exact) mass is 554 g/mol. The molecule has 3 aromatic rings. The number of esters is 2. The maximum Gasteiger partial charge on any atom is 0.491 e. The molecule has 2 aromatic heterocycles. The van der Waals surface area contributed by atoms with Gasteiger partial charge >= 0.3 is 18.1 Å². The van der Waals surface area contributed by atoms with Crippen molar-refractivity contribution in [1.82, 2.24) is 15.2 Å². The second-order valence-electron chi connectivity index (χ2n) is 8.93. The third-order valence-electron chi connectivity index (χ3n) is 6.38. The Morgan fingerprint density at radius 1 is 1.13 bits per heavy atom. The molecule has 0 atom stereocenters. The number of aromatic amines is 1. The van der Waals surface area contributed by atoms with Crippen LogP contribution in [0.4, 0.5) is 29.2 Å². The Morgan fingerprint density at radius 2 is 1.87 bits per heavy atom. The van der Waals surface area contributed by atoms with E-state index in [1.807, 2.05) is 0 Å². The van der Waals surface area contributed by atoms with Crippen LogP contribution >= 0.6 is 11.6 Å². The van der Waals surface area contributed by atoms with E-state index in [-0.39, 0.29) is 49.3 Å². The highest BCUT2D eigenvalue weighted by Gasteiger charge is 2.49. The molecule has 1 fully saturated rings. The highest BCUT2D eigenvalue weighted by molar-refractivity contribution is 6.30. The third-order valence-corrected chi connectivity index (χ3v) is 6.67. The number of carbonyl (C=O) groups excluding carboxylic acids is 2. The lowest BCUT2D eigenvalue weighted by molar-refractivity contribution is -0.206. The summed E-state index contributed by atoms with van der Waals surface area (Å²) >= 11 is 5.80. The Balaban J connectivity index is 1.47. The summed E-state index contributed by atoms with van der Waals surface area (Å²) in [5, 5.41) is 9.49. The van der Waals surface area contributed by atoms with E-state index in [2.05, 4.69) is 25.2 Å². The van der Waals surface area contributed by atoms with Crippen molar-refractivity contribution in [3.8, 4) is 5.75 Å². The van der Waals surface area contributed by atoms with E-state index in [1.165, 1.54) is 18.2 Å². The first-order valence-corrected chi connectivity index (χ1v) is 12.1. The number of hydrogen-bond acceptors (Lipinski definition) is 7. The molecule has 0 unspecified atom stereocenters. The van der Waals surface area contributed by atoms with Gasteiger partial charge in [-0.05, 0) is 62.8 Å². The van der Waals surface area contributed by atoms with E-state index in [4.69, 9.17) is 16.3 Å². The highest BCUT2D eigenvalue weighted by atomic mass is 35.5. The van der Waals surface area contributed by atoms with Crippen LogP contribution in [-0.2, 0) is 20.7 Å². The molecule has 0 spiro atoms. The second-order valence-corrected chi connectivity index (χ2v) is 9.34. The number of anilines is 2. The predicted octanol–water partition coefficient (Wildman–Crippen LogP) is 5.91. The Morgan fingerprint density at radius 3 is 2.55 bits per heavy atom. The van der Waals surface area contributed by atoms with Gasteiger partial charge in [-0.2, -0.15) is 18.3 Å². The van der Waals surface area contributed by atoms with Crippen molar-refractivity contribution in [2.75, 3.05) is 5.32 Å². The molecular weight excluding hydrogens is 532 g/mol. The normalized spacial score (nSPS) is 19.6. The minimum atomic E-state index is -5.31. The number of ether oxygens (including phenoxy) is 2. The van der Waals surface area contributed by atoms with Gasteiger partial charge in [-0.25, -0.2) is 14.2 Å². The fourth-order valence-electron chi connectivity index (χ4n) is 4.34. The molecule has 0 amide bonds. The first-order valence-electron chi connectivity index (χ1n) is 11.7. The van der Waals surface area contributed by atoms with Gasteiger partial charge in [0.15, 0.2) is 11.6 Å². The predicted molar refractivity (Wildman–Crippen MR) is 128 cm³/mol. The molecule has 2 heterocycles. The number of pyridine rings is 1. The number of nitrogens with zero attached hydrogens (tertiary/aromatic N) is 2. The van der Waals surface area contributed by atoms with Crippen LogP contribution in [0.25, 0.3) is 0 Å². The zero-order valence-electron chi connectivity index (χ0n) is 19.9.